The van der Waals surface area contributed by atoms with Crippen LogP contribution in [0, 0.1) is 11.8 Å². The van der Waals surface area contributed by atoms with Gasteiger partial charge in [-0.1, -0.05) is 30.4 Å². The normalized spacial score (nSPS) is 37.5. The van der Waals surface area contributed by atoms with Crippen molar-refractivity contribution in [1.29, 1.82) is 0 Å². The van der Waals surface area contributed by atoms with Crippen LogP contribution in [-0.2, 0) is 14.3 Å². The van der Waals surface area contributed by atoms with Crippen LogP contribution in [0.2, 0.25) is 0 Å². The maximum absolute atomic E-state index is 12.6. The van der Waals surface area contributed by atoms with Gasteiger partial charge in [0.25, 0.3) is 0 Å². The Balaban J connectivity index is 1.76. The lowest BCUT2D eigenvalue weighted by Crippen LogP contribution is -2.39. The van der Waals surface area contributed by atoms with Gasteiger partial charge in [-0.15, -0.1) is 0 Å². The second-order valence-corrected chi connectivity index (χ2v) is 5.50. The van der Waals surface area contributed by atoms with Crippen molar-refractivity contribution in [2.24, 2.45) is 11.8 Å². The lowest BCUT2D eigenvalue weighted by Gasteiger charge is -2.21. The third kappa shape index (κ3) is 1.30. The number of aliphatic carboxylic acids is 1. The van der Waals surface area contributed by atoms with E-state index in [9.17, 15) is 14.7 Å². The zero-order chi connectivity index (χ0) is 13.9. The highest BCUT2D eigenvalue weighted by molar-refractivity contribution is 6.02. The van der Waals surface area contributed by atoms with Crippen molar-refractivity contribution in [3.8, 4) is 0 Å². The molecule has 1 aromatic rings. The summed E-state index contributed by atoms with van der Waals surface area (Å²) in [4.78, 5) is 25.7. The van der Waals surface area contributed by atoms with Crippen molar-refractivity contribution in [2.45, 2.75) is 11.7 Å². The van der Waals surface area contributed by atoms with Gasteiger partial charge in [-0.3, -0.25) is 9.59 Å². The van der Waals surface area contributed by atoms with Crippen molar-refractivity contribution >= 4 is 17.6 Å². The van der Waals surface area contributed by atoms with E-state index < -0.39 is 29.5 Å². The number of benzene rings is 1. The molecular weight excluding hydrogens is 258 g/mol. The van der Waals surface area contributed by atoms with Crippen molar-refractivity contribution in [1.82, 2.24) is 0 Å². The van der Waals surface area contributed by atoms with Crippen LogP contribution in [0.3, 0.4) is 0 Å². The fraction of sp³-hybridized carbons (Fsp3) is 0.333. The summed E-state index contributed by atoms with van der Waals surface area (Å²) in [5.74, 6) is -2.51. The van der Waals surface area contributed by atoms with Crippen molar-refractivity contribution in [2.75, 3.05) is 11.4 Å². The van der Waals surface area contributed by atoms with Crippen LogP contribution in [0.25, 0.3) is 0 Å². The van der Waals surface area contributed by atoms with Gasteiger partial charge in [0.2, 0.25) is 5.91 Å². The predicted octanol–water partition coefficient (Wildman–Crippen LogP) is 1.06. The topological polar surface area (TPSA) is 66.8 Å². The lowest BCUT2D eigenvalue weighted by molar-refractivity contribution is -0.146. The number of ether oxygens (including phenoxy) is 1. The minimum absolute atomic E-state index is 0.157. The van der Waals surface area contributed by atoms with E-state index in [4.69, 9.17) is 4.74 Å². The van der Waals surface area contributed by atoms with Crippen LogP contribution in [0.15, 0.2) is 42.5 Å². The van der Waals surface area contributed by atoms with Gasteiger partial charge in [0.1, 0.15) is 11.5 Å². The molecule has 1 spiro atoms. The third-order valence-corrected chi connectivity index (χ3v) is 4.45. The van der Waals surface area contributed by atoms with E-state index in [1.165, 1.54) is 0 Å². The number of carboxylic acid groups (broad SMARTS) is 1. The average molecular weight is 271 g/mol. The fourth-order valence-corrected chi connectivity index (χ4v) is 3.61. The van der Waals surface area contributed by atoms with Gasteiger partial charge >= 0.3 is 5.97 Å². The summed E-state index contributed by atoms with van der Waals surface area (Å²) in [5.41, 5.74) is 0.0200. The fourth-order valence-electron chi connectivity index (χ4n) is 3.61. The van der Waals surface area contributed by atoms with Gasteiger partial charge in [0.05, 0.1) is 18.6 Å². The lowest BCUT2D eigenvalue weighted by atomic mass is 9.77. The summed E-state index contributed by atoms with van der Waals surface area (Å²) < 4.78 is 5.83. The van der Waals surface area contributed by atoms with Crippen LogP contribution >= 0.6 is 0 Å². The van der Waals surface area contributed by atoms with E-state index in [1.807, 2.05) is 36.4 Å². The second-order valence-electron chi connectivity index (χ2n) is 5.50. The molecule has 20 heavy (non-hydrogen) atoms. The van der Waals surface area contributed by atoms with E-state index >= 15 is 0 Å². The Bertz CT molecular complexity index is 626. The van der Waals surface area contributed by atoms with Gasteiger partial charge in [0.15, 0.2) is 0 Å². The van der Waals surface area contributed by atoms with Crippen LogP contribution in [0.1, 0.15) is 0 Å². The van der Waals surface area contributed by atoms with Gasteiger partial charge in [-0.05, 0) is 12.1 Å². The molecular formula is C15H13NO4. The molecule has 0 aliphatic carbocycles. The van der Waals surface area contributed by atoms with E-state index in [1.54, 1.807) is 11.0 Å². The monoisotopic (exact) mass is 271 g/mol. The molecule has 2 bridgehead atoms. The Labute approximate surface area is 115 Å². The molecule has 4 rings (SSSR count). The Morgan fingerprint density at radius 3 is 2.80 bits per heavy atom. The molecule has 2 unspecified atom stereocenters. The summed E-state index contributed by atoms with van der Waals surface area (Å²) in [5, 5.41) is 9.37. The smallest absolute Gasteiger partial charge is 0.310 e. The molecule has 102 valence electrons. The molecule has 5 heteroatoms. The molecule has 3 aliphatic rings. The quantitative estimate of drug-likeness (QED) is 0.817. The van der Waals surface area contributed by atoms with Gasteiger partial charge in [-0.25, -0.2) is 0 Å². The molecule has 2 fully saturated rings. The minimum atomic E-state index is -0.963. The molecule has 4 atom stereocenters. The predicted molar refractivity (Wildman–Crippen MR) is 70.2 cm³/mol. The summed E-state index contributed by atoms with van der Waals surface area (Å²) in [6.07, 6.45) is 3.17. The van der Waals surface area contributed by atoms with E-state index in [2.05, 4.69) is 0 Å². The Kier molecular flexibility index (Phi) is 2.16. The highest BCUT2D eigenvalue weighted by Gasteiger charge is 2.67. The average Bonchev–Trinajstić information content (AvgIpc) is 3.08. The summed E-state index contributed by atoms with van der Waals surface area (Å²) >= 11 is 0. The van der Waals surface area contributed by atoms with Crippen LogP contribution in [0.5, 0.6) is 0 Å². The number of carboxylic acids is 1. The molecule has 1 N–H and O–H groups in total. The van der Waals surface area contributed by atoms with Gasteiger partial charge in [0, 0.05) is 5.69 Å². The largest absolute Gasteiger partial charge is 0.481 e. The van der Waals surface area contributed by atoms with Crippen molar-refractivity contribution in [3.05, 3.63) is 42.5 Å². The number of rotatable bonds is 2. The molecule has 0 aromatic heterocycles. The number of fused-ring (bicyclic) bond motifs is 1. The zero-order valence-electron chi connectivity index (χ0n) is 10.6. The Morgan fingerprint density at radius 1 is 1.35 bits per heavy atom. The zero-order valence-corrected chi connectivity index (χ0v) is 10.6. The first-order valence-electron chi connectivity index (χ1n) is 6.59. The van der Waals surface area contributed by atoms with Crippen molar-refractivity contribution in [3.63, 3.8) is 0 Å². The molecule has 5 nitrogen and oxygen atoms in total. The van der Waals surface area contributed by atoms with Gasteiger partial charge < -0.3 is 14.7 Å². The maximum atomic E-state index is 12.6. The summed E-state index contributed by atoms with van der Waals surface area (Å²) in [6.45, 7) is 0.386. The first-order chi connectivity index (χ1) is 9.62. The Morgan fingerprint density at radius 2 is 2.10 bits per heavy atom. The summed E-state index contributed by atoms with van der Waals surface area (Å²) in [6, 6.07) is 9.29. The number of carbonyl (C=O) groups is 2. The number of anilines is 1. The standard InChI is InChI=1S/C15H13NO4/c17-13-12-11(14(18)19)10-6-7-15(12,20-10)8-16(13)9-4-2-1-3-5-9/h1-7,10-12H,8H2,(H,18,19)/t10-,11?,12?,15-/m1/s1. The number of para-hydroxylation sites is 1. The third-order valence-electron chi connectivity index (χ3n) is 4.45. The van der Waals surface area contributed by atoms with Crippen molar-refractivity contribution < 1.29 is 19.4 Å². The highest BCUT2D eigenvalue weighted by atomic mass is 16.5. The van der Waals surface area contributed by atoms with E-state index in [-0.39, 0.29) is 5.91 Å². The van der Waals surface area contributed by atoms with Gasteiger partial charge in [-0.2, -0.15) is 0 Å². The summed E-state index contributed by atoms with van der Waals surface area (Å²) in [7, 11) is 0. The minimum Gasteiger partial charge on any atom is -0.481 e. The number of hydrogen-bond donors (Lipinski definition) is 1. The second kappa shape index (κ2) is 3.70. The highest BCUT2D eigenvalue weighted by Crippen LogP contribution is 2.52. The van der Waals surface area contributed by atoms with E-state index in [0.29, 0.717) is 6.54 Å². The number of amides is 1. The molecule has 3 aliphatic heterocycles. The number of nitrogens with zero attached hydrogens (tertiary/aromatic N) is 1. The first-order valence-corrected chi connectivity index (χ1v) is 6.59. The maximum Gasteiger partial charge on any atom is 0.310 e. The molecule has 0 radical (unpaired) electrons. The van der Waals surface area contributed by atoms with Crippen LogP contribution in [-0.4, -0.2) is 35.2 Å². The molecule has 0 saturated carbocycles. The first kappa shape index (κ1) is 11.7. The van der Waals surface area contributed by atoms with Crippen LogP contribution < -0.4 is 4.90 Å². The Hall–Kier alpha value is -2.14. The molecule has 3 heterocycles. The number of hydrogen-bond acceptors (Lipinski definition) is 3. The molecule has 1 amide bonds. The molecule has 1 aromatic carbocycles. The SMILES string of the molecule is O=C(O)C1C2C(=O)N(c3ccccc3)C[C@]23C=C[C@H]1O3. The number of carbonyl (C=O) groups excluding carboxylic acids is 1. The van der Waals surface area contributed by atoms with E-state index in [0.717, 1.165) is 5.69 Å². The molecule has 2 saturated heterocycles. The van der Waals surface area contributed by atoms with Crippen LogP contribution in [0.4, 0.5) is 5.69 Å².